The fraction of sp³-hybridized carbons (Fsp3) is 0.509. The summed E-state index contributed by atoms with van der Waals surface area (Å²) in [5, 5.41) is 29.9. The maximum Gasteiger partial charge on any atom is 0.490 e. The molecule has 5 rings (SSSR count). The van der Waals surface area contributed by atoms with Gasteiger partial charge in [0.2, 0.25) is 11.6 Å². The first-order chi connectivity index (χ1) is 40.5. The number of carbonyl (C=O) groups is 5. The molecule has 484 valence electrons. The summed E-state index contributed by atoms with van der Waals surface area (Å²) in [6.07, 6.45) is 10.8. The van der Waals surface area contributed by atoms with E-state index in [1.54, 1.807) is 12.5 Å². The van der Waals surface area contributed by atoms with Crippen LogP contribution in [0.25, 0.3) is 0 Å². The van der Waals surface area contributed by atoms with Crippen LogP contribution in [0, 0.1) is 0 Å². The Morgan fingerprint density at radius 1 is 0.724 bits per heavy atom. The van der Waals surface area contributed by atoms with E-state index in [0.717, 1.165) is 94.3 Å². The lowest BCUT2D eigenvalue weighted by atomic mass is 9.84. The van der Waals surface area contributed by atoms with E-state index in [2.05, 4.69) is 141 Å². The Hall–Kier alpha value is -7.76. The molecular formula is C57H76F9N9O11S. The molecule has 2 aromatic carbocycles. The van der Waals surface area contributed by atoms with Crippen LogP contribution in [-0.2, 0) is 46.7 Å². The minimum Gasteiger partial charge on any atom is -0.748 e. The lowest BCUT2D eigenvalue weighted by Gasteiger charge is -2.27. The highest BCUT2D eigenvalue weighted by Gasteiger charge is 2.44. The monoisotopic (exact) mass is 1270 g/mol. The van der Waals surface area contributed by atoms with Crippen LogP contribution < -0.4 is 26.6 Å². The molecule has 0 radical (unpaired) electrons. The molecule has 0 fully saturated rings. The highest BCUT2D eigenvalue weighted by molar-refractivity contribution is 7.85. The molecule has 0 saturated heterocycles. The zero-order valence-electron chi connectivity index (χ0n) is 48.6. The van der Waals surface area contributed by atoms with Crippen molar-refractivity contribution in [2.45, 2.75) is 147 Å². The Morgan fingerprint density at radius 3 is 1.83 bits per heavy atom. The van der Waals surface area contributed by atoms with Gasteiger partial charge in [-0.05, 0) is 75.1 Å². The largest absolute Gasteiger partial charge is 0.748 e. The summed E-state index contributed by atoms with van der Waals surface area (Å²) in [6, 6.07) is 16.6. The van der Waals surface area contributed by atoms with Crippen LogP contribution in [-0.4, -0.2) is 141 Å². The molecule has 1 aromatic heterocycles. The van der Waals surface area contributed by atoms with E-state index < -0.39 is 46.6 Å². The number of H-pyrrole nitrogens is 1. The number of aromatic nitrogens is 2. The van der Waals surface area contributed by atoms with Gasteiger partial charge in [0.1, 0.15) is 6.54 Å². The van der Waals surface area contributed by atoms with E-state index in [0.29, 0.717) is 45.4 Å². The van der Waals surface area contributed by atoms with E-state index in [-0.39, 0.29) is 34.6 Å². The average molecular weight is 1270 g/mol. The number of para-hydroxylation sites is 1. The third-order valence-electron chi connectivity index (χ3n) is 13.3. The molecule has 87 heavy (non-hydrogen) atoms. The number of benzene rings is 2. The molecule has 3 amide bonds. The van der Waals surface area contributed by atoms with Crippen LogP contribution in [0.15, 0.2) is 102 Å². The number of carboxylic acids is 3. The lowest BCUT2D eigenvalue weighted by molar-refractivity contribution is -0.604. The second-order valence-corrected chi connectivity index (χ2v) is 22.2. The second-order valence-electron chi connectivity index (χ2n) is 20.7. The molecule has 0 bridgehead atoms. The smallest absolute Gasteiger partial charge is 0.490 e. The predicted molar refractivity (Wildman–Crippen MR) is 306 cm³/mol. The van der Waals surface area contributed by atoms with E-state index in [1.165, 1.54) is 22.4 Å². The Labute approximate surface area is 498 Å². The molecule has 2 aliphatic rings. The topological polar surface area (TPSA) is 313 Å². The van der Waals surface area contributed by atoms with Gasteiger partial charge in [-0.25, -0.2) is 37.2 Å². The van der Waals surface area contributed by atoms with Gasteiger partial charge >= 0.3 is 42.5 Å². The lowest BCUT2D eigenvalue weighted by Crippen LogP contribution is -2.43. The molecule has 20 nitrogen and oxygen atoms in total. The molecule has 0 atom stereocenters. The predicted octanol–water partition coefficient (Wildman–Crippen LogP) is 9.74. The van der Waals surface area contributed by atoms with Crippen LogP contribution >= 0.6 is 0 Å². The number of urea groups is 1. The molecule has 9 N–H and O–H groups in total. The molecular weight excluding hydrogens is 1190 g/mol. The molecule has 0 unspecified atom stereocenters. The number of anilines is 1. The number of hydrogen-bond acceptors (Lipinski definition) is 11. The first kappa shape index (κ1) is 75.3. The van der Waals surface area contributed by atoms with Crippen LogP contribution in [0.2, 0.25) is 0 Å². The van der Waals surface area contributed by atoms with E-state index >= 15 is 0 Å². The van der Waals surface area contributed by atoms with Crippen LogP contribution in [0.5, 0.6) is 0 Å². The Kier molecular flexibility index (Phi) is 31.0. The maximum atomic E-state index is 12.6. The molecule has 0 aliphatic carbocycles. The number of aliphatic imine (C=N–C) groups is 1. The summed E-state index contributed by atoms with van der Waals surface area (Å²) < 4.78 is 131. The fourth-order valence-corrected chi connectivity index (χ4v) is 9.56. The number of aryl methyl sites for hydroxylation is 1. The van der Waals surface area contributed by atoms with Crippen LogP contribution in [0.3, 0.4) is 0 Å². The van der Waals surface area contributed by atoms with E-state index in [1.807, 2.05) is 6.07 Å². The normalized spacial score (nSPS) is 14.9. The Bertz CT molecular complexity index is 2920. The van der Waals surface area contributed by atoms with Gasteiger partial charge in [-0.1, -0.05) is 94.2 Å². The summed E-state index contributed by atoms with van der Waals surface area (Å²) in [5.41, 5.74) is 13.7. The van der Waals surface area contributed by atoms with Crippen LogP contribution in [0.1, 0.15) is 134 Å². The first-order valence-corrected chi connectivity index (χ1v) is 29.2. The Balaban J connectivity index is 0.00000104. The number of aromatic amines is 1. The number of allylic oxidation sites excluding steroid dienone is 6. The van der Waals surface area contributed by atoms with Crippen molar-refractivity contribution in [1.82, 2.24) is 25.9 Å². The van der Waals surface area contributed by atoms with Crippen molar-refractivity contribution in [1.29, 1.82) is 0 Å². The molecule has 3 heterocycles. The third-order valence-corrected chi connectivity index (χ3v) is 14.1. The molecule has 0 saturated carbocycles. The standard InChI is InChI=1S/C51H73N9O5S.3C2HF3O2/c1-50(2)43-27-16-17-29-45(43)59(35-21-22-37-66(63,64)65)46(50)30-12-9-11-28-44-41-25-14-15-26-42(41)51(3,4)60(44)36-20-10-13-31-47(61)54-32-18-7-5-6-8-19-33-56-49(62)58-48(52)55-34-23-24-40-38-53-39-57-40;3*3-2(4,5)1(6)7/h9,11-12,14-17,25-30,38-39H,5-8,10,13,18-24,31-37H2,1-4H3,(H6-,52,53,54,55,56,57,58,61,62,63,64,65);3*(H,6,7). The van der Waals surface area contributed by atoms with Crippen molar-refractivity contribution in [3.05, 3.63) is 120 Å². The number of carbonyl (C=O) groups excluding carboxylic acids is 2. The highest BCUT2D eigenvalue weighted by Crippen LogP contribution is 2.47. The van der Waals surface area contributed by atoms with Gasteiger partial charge in [0, 0.05) is 99.0 Å². The Morgan fingerprint density at radius 2 is 1.26 bits per heavy atom. The number of amides is 3. The first-order valence-electron chi connectivity index (χ1n) is 27.6. The van der Waals surface area contributed by atoms with Crippen molar-refractivity contribution in [2.75, 3.05) is 43.4 Å². The number of nitrogens with zero attached hydrogens (tertiary/aromatic N) is 4. The summed E-state index contributed by atoms with van der Waals surface area (Å²) >= 11 is 0. The third kappa shape index (κ3) is 28.1. The van der Waals surface area contributed by atoms with Gasteiger partial charge in [-0.2, -0.15) is 39.5 Å². The van der Waals surface area contributed by atoms with Gasteiger partial charge in [0.25, 0.3) is 0 Å². The van der Waals surface area contributed by atoms with E-state index in [9.17, 15) is 62.1 Å². The van der Waals surface area contributed by atoms with Crippen LogP contribution in [0.4, 0.5) is 50.0 Å². The number of halogens is 9. The summed E-state index contributed by atoms with van der Waals surface area (Å²) in [4.78, 5) is 64.9. The van der Waals surface area contributed by atoms with Crippen molar-refractivity contribution >= 4 is 57.3 Å². The quantitative estimate of drug-likeness (QED) is 0.00670. The minimum atomic E-state index is -5.08. The summed E-state index contributed by atoms with van der Waals surface area (Å²) in [6.45, 7) is 12.3. The SMILES string of the molecule is CC1(C)C(=CC=CC=CC2=[N+](CCCCCC(=O)NCCCCCCCCNC(=O)NC(N)=NCCCc3cnc[nH]3)C(C)(C)c3ccccc32)N(CCCCS(=O)(=O)[O-])c2ccccc21.O=C(O)C(F)(F)F.O=C(O)C(F)(F)F.O=C(O)C(F)(F)F. The second kappa shape index (κ2) is 35.8. The fourth-order valence-electron chi connectivity index (χ4n) is 9.00. The number of rotatable bonds is 27. The van der Waals surface area contributed by atoms with Crippen molar-refractivity contribution in [3.63, 3.8) is 0 Å². The number of alkyl halides is 9. The van der Waals surface area contributed by atoms with Gasteiger partial charge in [-0.15, -0.1) is 0 Å². The van der Waals surface area contributed by atoms with Crippen molar-refractivity contribution in [3.8, 4) is 0 Å². The number of nitrogens with two attached hydrogens (primary N) is 1. The number of unbranched alkanes of at least 4 members (excludes halogenated alkanes) is 8. The van der Waals surface area contributed by atoms with Gasteiger partial charge in [-0.3, -0.25) is 15.1 Å². The minimum absolute atomic E-state index is 0.118. The van der Waals surface area contributed by atoms with Gasteiger partial charge in [0.05, 0.1) is 22.0 Å². The number of hydrogen-bond donors (Lipinski definition) is 8. The van der Waals surface area contributed by atoms with Crippen molar-refractivity contribution < 1.29 is 96.4 Å². The van der Waals surface area contributed by atoms with E-state index in [4.69, 9.17) is 35.4 Å². The highest BCUT2D eigenvalue weighted by atomic mass is 32.2. The summed E-state index contributed by atoms with van der Waals surface area (Å²) in [7, 11) is -4.23. The molecule has 0 spiro atoms. The molecule has 2 aliphatic heterocycles. The zero-order chi connectivity index (χ0) is 65.7. The molecule has 3 aromatic rings. The zero-order valence-corrected chi connectivity index (χ0v) is 49.4. The number of aliphatic carboxylic acids is 3. The van der Waals surface area contributed by atoms with Gasteiger partial charge < -0.3 is 46.1 Å². The summed E-state index contributed by atoms with van der Waals surface area (Å²) in [5.74, 6) is -8.38. The number of fused-ring (bicyclic) bond motifs is 2. The number of imidazole rings is 1. The molecule has 30 heteroatoms. The number of carboxylic acid groups (broad SMARTS) is 3. The maximum absolute atomic E-state index is 12.6. The van der Waals surface area contributed by atoms with Gasteiger partial charge in [0.15, 0.2) is 11.5 Å². The average Bonchev–Trinajstić information content (AvgIpc) is 1.65. The number of nitrogens with one attached hydrogen (secondary N) is 4. The van der Waals surface area contributed by atoms with Crippen molar-refractivity contribution in [2.24, 2.45) is 10.7 Å². The number of guanidine groups is 1.